The maximum Gasteiger partial charge on any atom is 0.335 e. The zero-order chi connectivity index (χ0) is 15.1. The molecule has 19 heavy (non-hydrogen) atoms. The van der Waals surface area contributed by atoms with Crippen LogP contribution in [0.2, 0.25) is 0 Å². The fourth-order valence-electron chi connectivity index (χ4n) is 0.683. The first-order chi connectivity index (χ1) is 8.65. The van der Waals surface area contributed by atoms with Gasteiger partial charge in [0.15, 0.2) is 0 Å². The van der Waals surface area contributed by atoms with E-state index in [4.69, 9.17) is 9.05 Å². The minimum atomic E-state index is -3.45. The normalized spacial score (nSPS) is 13.7. The molecule has 0 aromatic carbocycles. The predicted octanol–water partition coefficient (Wildman–Crippen LogP) is 2.08. The molecule has 0 saturated carbocycles. The van der Waals surface area contributed by atoms with E-state index in [1.807, 2.05) is 0 Å². The van der Waals surface area contributed by atoms with Gasteiger partial charge in [-0.25, -0.2) is 4.79 Å². The van der Waals surface area contributed by atoms with Crippen LogP contribution in [0.1, 0.15) is 20.8 Å². The third-order valence-electron chi connectivity index (χ3n) is 1.79. The summed E-state index contributed by atoms with van der Waals surface area (Å²) in [6.07, 6.45) is 0. The van der Waals surface area contributed by atoms with Crippen LogP contribution < -0.4 is 0 Å². The lowest BCUT2D eigenvalue weighted by molar-refractivity contribution is -0.154. The minimum absolute atomic E-state index is 0.196. The van der Waals surface area contributed by atoms with E-state index in [0.29, 0.717) is 0 Å². The van der Waals surface area contributed by atoms with Gasteiger partial charge in [0.05, 0.1) is 5.92 Å². The molecule has 0 rings (SSSR count). The molecule has 0 spiro atoms. The number of esters is 2. The summed E-state index contributed by atoms with van der Waals surface area (Å²) in [5.74, 6) is -1.45. The monoisotopic (exact) mass is 294 g/mol. The van der Waals surface area contributed by atoms with E-state index in [9.17, 15) is 14.2 Å². The third-order valence-corrected chi connectivity index (χ3v) is 2.93. The van der Waals surface area contributed by atoms with Crippen molar-refractivity contribution in [2.45, 2.75) is 20.8 Å². The Balaban J connectivity index is 3.93. The van der Waals surface area contributed by atoms with Crippen LogP contribution in [-0.4, -0.2) is 32.2 Å². The zero-order valence-corrected chi connectivity index (χ0v) is 12.4. The number of hydrogen-bond acceptors (Lipinski definition) is 7. The van der Waals surface area contributed by atoms with Gasteiger partial charge in [-0.15, -0.1) is 0 Å². The Morgan fingerprint density at radius 2 is 1.63 bits per heavy atom. The van der Waals surface area contributed by atoms with Gasteiger partial charge >= 0.3 is 19.5 Å². The Bertz CT molecular complexity index is 389. The van der Waals surface area contributed by atoms with E-state index in [0.717, 1.165) is 0 Å². The highest BCUT2D eigenvalue weighted by molar-refractivity contribution is 7.52. The molecule has 0 aliphatic heterocycles. The van der Waals surface area contributed by atoms with Crippen molar-refractivity contribution in [3.63, 3.8) is 0 Å². The number of carbonyl (C=O) groups is 2. The first-order valence-electron chi connectivity index (χ1n) is 5.51. The Kier molecular flexibility index (Phi) is 7.59. The van der Waals surface area contributed by atoms with E-state index in [1.165, 1.54) is 13.6 Å². The lowest BCUT2D eigenvalue weighted by Gasteiger charge is -2.14. The average Bonchev–Trinajstić information content (AvgIpc) is 2.27. The van der Waals surface area contributed by atoms with Crippen LogP contribution in [-0.2, 0) is 32.7 Å². The summed E-state index contributed by atoms with van der Waals surface area (Å²) in [5, 5.41) is 0. The molecule has 8 heteroatoms. The van der Waals surface area contributed by atoms with Gasteiger partial charge in [0, 0.05) is 12.2 Å². The summed E-state index contributed by atoms with van der Waals surface area (Å²) >= 11 is 0. The molecule has 0 aliphatic carbocycles. The van der Waals surface area contributed by atoms with Crippen LogP contribution in [0.15, 0.2) is 12.2 Å². The van der Waals surface area contributed by atoms with Crippen LogP contribution in [0, 0.1) is 5.92 Å². The number of carbonyl (C=O) groups excluding carboxylic acids is 2. The molecule has 0 aromatic heterocycles. The summed E-state index contributed by atoms with van der Waals surface area (Å²) in [5.41, 5.74) is 0.196. The number of ether oxygens (including phenoxy) is 2. The molecular formula is C11H19O7P. The molecule has 0 aromatic rings. The van der Waals surface area contributed by atoms with Gasteiger partial charge in [-0.2, -0.15) is 0 Å². The van der Waals surface area contributed by atoms with E-state index < -0.39 is 33.1 Å². The molecule has 0 amide bonds. The highest BCUT2D eigenvalue weighted by Crippen LogP contribution is 2.43. The highest BCUT2D eigenvalue weighted by Gasteiger charge is 2.19. The SMILES string of the molecule is C=C(C)C(=O)OCOP(C)(=O)OCOC(=O)C(C)C. The van der Waals surface area contributed by atoms with Crippen molar-refractivity contribution in [3.8, 4) is 0 Å². The summed E-state index contributed by atoms with van der Waals surface area (Å²) in [6, 6.07) is 0. The lowest BCUT2D eigenvalue weighted by Crippen LogP contribution is -2.14. The average molecular weight is 294 g/mol. The fourth-order valence-corrected chi connectivity index (χ4v) is 1.25. The molecule has 0 aliphatic rings. The van der Waals surface area contributed by atoms with Crippen molar-refractivity contribution in [1.29, 1.82) is 0 Å². The molecule has 0 heterocycles. The maximum atomic E-state index is 11.7. The minimum Gasteiger partial charge on any atom is -0.438 e. The second-order valence-electron chi connectivity index (χ2n) is 4.10. The third kappa shape index (κ3) is 8.53. The smallest absolute Gasteiger partial charge is 0.335 e. The van der Waals surface area contributed by atoms with Gasteiger partial charge < -0.3 is 9.47 Å². The summed E-state index contributed by atoms with van der Waals surface area (Å²) in [6.45, 7) is 8.30. The summed E-state index contributed by atoms with van der Waals surface area (Å²) < 4.78 is 30.4. The van der Waals surface area contributed by atoms with Crippen LogP contribution in [0.4, 0.5) is 0 Å². The van der Waals surface area contributed by atoms with Gasteiger partial charge in [-0.3, -0.25) is 18.4 Å². The van der Waals surface area contributed by atoms with Gasteiger partial charge in [-0.1, -0.05) is 20.4 Å². The van der Waals surface area contributed by atoms with Crippen molar-refractivity contribution in [2.75, 3.05) is 20.3 Å². The summed E-state index contributed by atoms with van der Waals surface area (Å²) in [4.78, 5) is 22.1. The highest BCUT2D eigenvalue weighted by atomic mass is 31.2. The quantitative estimate of drug-likeness (QED) is 0.293. The topological polar surface area (TPSA) is 88.1 Å². The molecule has 0 fully saturated rings. The molecule has 0 saturated heterocycles. The molecular weight excluding hydrogens is 275 g/mol. The molecule has 0 N–H and O–H groups in total. The van der Waals surface area contributed by atoms with Crippen molar-refractivity contribution >= 4 is 19.5 Å². The molecule has 1 unspecified atom stereocenters. The predicted molar refractivity (Wildman–Crippen MR) is 67.3 cm³/mol. The van der Waals surface area contributed by atoms with Crippen molar-refractivity contribution in [2.24, 2.45) is 5.92 Å². The second-order valence-corrected chi connectivity index (χ2v) is 6.15. The zero-order valence-electron chi connectivity index (χ0n) is 11.5. The number of rotatable bonds is 8. The first-order valence-corrected chi connectivity index (χ1v) is 7.50. The Morgan fingerprint density at radius 1 is 1.16 bits per heavy atom. The van der Waals surface area contributed by atoms with Gasteiger partial charge in [0.2, 0.25) is 13.6 Å². The Morgan fingerprint density at radius 3 is 2.05 bits per heavy atom. The van der Waals surface area contributed by atoms with Crippen LogP contribution >= 0.6 is 7.60 Å². The largest absolute Gasteiger partial charge is 0.438 e. The molecule has 0 bridgehead atoms. The maximum absolute atomic E-state index is 11.7. The van der Waals surface area contributed by atoms with Crippen molar-refractivity contribution in [3.05, 3.63) is 12.2 Å². The molecule has 1 atom stereocenters. The van der Waals surface area contributed by atoms with E-state index in [2.05, 4.69) is 16.1 Å². The van der Waals surface area contributed by atoms with Gasteiger partial charge in [0.1, 0.15) is 0 Å². The molecule has 0 radical (unpaired) electrons. The molecule has 7 nitrogen and oxygen atoms in total. The van der Waals surface area contributed by atoms with E-state index in [1.54, 1.807) is 13.8 Å². The Hall–Kier alpha value is -1.17. The first kappa shape index (κ1) is 17.8. The molecule has 110 valence electrons. The summed E-state index contributed by atoms with van der Waals surface area (Å²) in [7, 11) is -3.45. The van der Waals surface area contributed by atoms with Crippen molar-refractivity contribution < 1.29 is 32.7 Å². The number of hydrogen-bond donors (Lipinski definition) is 0. The van der Waals surface area contributed by atoms with Crippen LogP contribution in [0.3, 0.4) is 0 Å². The lowest BCUT2D eigenvalue weighted by atomic mass is 10.2. The standard InChI is InChI=1S/C11H19O7P/c1-8(2)10(12)15-6-17-19(5,14)18-7-16-11(13)9(3)4/h9H,1,6-7H2,2-5H3. The van der Waals surface area contributed by atoms with E-state index >= 15 is 0 Å². The van der Waals surface area contributed by atoms with Crippen LogP contribution in [0.5, 0.6) is 0 Å². The van der Waals surface area contributed by atoms with Gasteiger partial charge in [0.25, 0.3) is 0 Å². The van der Waals surface area contributed by atoms with Gasteiger partial charge in [-0.05, 0) is 6.92 Å². The Labute approximate surface area is 112 Å². The second kappa shape index (κ2) is 8.09. The van der Waals surface area contributed by atoms with Crippen molar-refractivity contribution in [1.82, 2.24) is 0 Å². The van der Waals surface area contributed by atoms with E-state index in [-0.39, 0.29) is 11.5 Å². The van der Waals surface area contributed by atoms with Crippen LogP contribution in [0.25, 0.3) is 0 Å². The fraction of sp³-hybridized carbons (Fsp3) is 0.636.